The van der Waals surface area contributed by atoms with Crippen LogP contribution in [0.4, 0.5) is 0 Å². The predicted octanol–water partition coefficient (Wildman–Crippen LogP) is 4.50. The molecule has 0 unspecified atom stereocenters. The molecule has 0 amide bonds. The Hall–Kier alpha value is -1.30. The average Bonchev–Trinajstić information content (AvgIpc) is 2.93. The van der Waals surface area contributed by atoms with E-state index in [1.54, 1.807) is 0 Å². The number of esters is 2. The minimum Gasteiger partial charge on any atom is -0.463 e. The fourth-order valence-electron chi connectivity index (χ4n) is 3.34. The SMILES string of the molecule is CCCCCCCC(=O)OCCOCCOCCOCCOCCOCCOCCOC(=O)CCCCCC. The first-order valence-electron chi connectivity index (χ1n) is 15.0. The van der Waals surface area contributed by atoms with Crippen LogP contribution in [0.1, 0.15) is 84.5 Å². The van der Waals surface area contributed by atoms with Crippen LogP contribution >= 0.6 is 0 Å². The van der Waals surface area contributed by atoms with E-state index < -0.39 is 0 Å². The molecule has 10 nitrogen and oxygen atoms in total. The van der Waals surface area contributed by atoms with Gasteiger partial charge in [0.1, 0.15) is 13.2 Å². The highest BCUT2D eigenvalue weighted by molar-refractivity contribution is 5.69. The first-order valence-corrected chi connectivity index (χ1v) is 15.0. The molecule has 0 fully saturated rings. The van der Waals surface area contributed by atoms with Crippen molar-refractivity contribution >= 4 is 11.9 Å². The van der Waals surface area contributed by atoms with Gasteiger partial charge in [0.25, 0.3) is 0 Å². The lowest BCUT2D eigenvalue weighted by atomic mass is 10.1. The monoisotopic (exact) mass is 564 g/mol. The standard InChI is InChI=1S/C29H56O10/c1-3-5-7-9-11-13-29(31)39-27-25-37-23-21-35-19-17-33-15-14-32-16-18-34-20-22-36-24-26-38-28(30)12-10-8-6-4-2/h3-27H2,1-2H3. The molecule has 0 N–H and O–H groups in total. The molecule has 0 spiro atoms. The number of rotatable bonds is 32. The lowest BCUT2D eigenvalue weighted by molar-refractivity contribution is -0.146. The van der Waals surface area contributed by atoms with Gasteiger partial charge in [-0.2, -0.15) is 0 Å². The fraction of sp³-hybridized carbons (Fsp3) is 0.931. The third-order valence-electron chi connectivity index (χ3n) is 5.56. The molecule has 0 rings (SSSR count). The van der Waals surface area contributed by atoms with Crippen LogP contribution in [0.3, 0.4) is 0 Å². The summed E-state index contributed by atoms with van der Waals surface area (Å²) in [4.78, 5) is 23.1. The largest absolute Gasteiger partial charge is 0.463 e. The summed E-state index contributed by atoms with van der Waals surface area (Å²) in [5.41, 5.74) is 0. The van der Waals surface area contributed by atoms with Crippen LogP contribution in [0.25, 0.3) is 0 Å². The van der Waals surface area contributed by atoms with Crippen molar-refractivity contribution in [2.75, 3.05) is 92.5 Å². The fourth-order valence-corrected chi connectivity index (χ4v) is 3.34. The summed E-state index contributed by atoms with van der Waals surface area (Å²) in [7, 11) is 0. The normalized spacial score (nSPS) is 11.1. The van der Waals surface area contributed by atoms with Crippen molar-refractivity contribution < 1.29 is 47.5 Å². The quantitative estimate of drug-likeness (QED) is 0.0856. The molecule has 39 heavy (non-hydrogen) atoms. The molecule has 0 aromatic carbocycles. The van der Waals surface area contributed by atoms with Gasteiger partial charge in [0.15, 0.2) is 0 Å². The Kier molecular flexibility index (Phi) is 31.8. The average molecular weight is 565 g/mol. The van der Waals surface area contributed by atoms with E-state index in [1.165, 1.54) is 19.3 Å². The van der Waals surface area contributed by atoms with Crippen molar-refractivity contribution in [1.82, 2.24) is 0 Å². The third kappa shape index (κ3) is 32.8. The minimum atomic E-state index is -0.152. The van der Waals surface area contributed by atoms with E-state index in [2.05, 4.69) is 13.8 Å². The summed E-state index contributed by atoms with van der Waals surface area (Å²) in [5, 5.41) is 0. The Morgan fingerprint density at radius 3 is 0.923 bits per heavy atom. The van der Waals surface area contributed by atoms with E-state index in [9.17, 15) is 9.59 Å². The maximum atomic E-state index is 11.6. The van der Waals surface area contributed by atoms with Gasteiger partial charge in [0.2, 0.25) is 0 Å². The smallest absolute Gasteiger partial charge is 0.305 e. The van der Waals surface area contributed by atoms with Crippen molar-refractivity contribution in [3.63, 3.8) is 0 Å². The van der Waals surface area contributed by atoms with E-state index in [1.807, 2.05) is 0 Å². The molecule has 0 aliphatic carbocycles. The van der Waals surface area contributed by atoms with Gasteiger partial charge in [-0.05, 0) is 12.8 Å². The maximum Gasteiger partial charge on any atom is 0.305 e. The van der Waals surface area contributed by atoms with Gasteiger partial charge >= 0.3 is 11.9 Å². The summed E-state index contributed by atoms with van der Waals surface area (Å²) in [5.74, 6) is -0.300. The Bertz CT molecular complexity index is 518. The molecule has 0 radical (unpaired) electrons. The molecule has 0 saturated heterocycles. The van der Waals surface area contributed by atoms with Crippen molar-refractivity contribution in [1.29, 1.82) is 0 Å². The van der Waals surface area contributed by atoms with Gasteiger partial charge in [0, 0.05) is 12.8 Å². The summed E-state index contributed by atoms with van der Waals surface area (Å²) in [6.07, 6.45) is 10.8. The van der Waals surface area contributed by atoms with Crippen LogP contribution in [0.2, 0.25) is 0 Å². The van der Waals surface area contributed by atoms with Gasteiger partial charge in [-0.3, -0.25) is 9.59 Å². The van der Waals surface area contributed by atoms with E-state index >= 15 is 0 Å². The summed E-state index contributed by atoms with van der Waals surface area (Å²) >= 11 is 0. The zero-order valence-electron chi connectivity index (χ0n) is 24.8. The van der Waals surface area contributed by atoms with Gasteiger partial charge < -0.3 is 37.9 Å². The van der Waals surface area contributed by atoms with E-state index in [0.29, 0.717) is 92.1 Å². The van der Waals surface area contributed by atoms with Crippen LogP contribution in [-0.2, 0) is 47.5 Å². The van der Waals surface area contributed by atoms with E-state index in [-0.39, 0.29) is 25.2 Å². The number of unbranched alkanes of at least 4 members (excludes halogenated alkanes) is 7. The second-order valence-corrected chi connectivity index (χ2v) is 9.09. The molecule has 0 aliphatic heterocycles. The Balaban J connectivity index is 3.14. The second-order valence-electron chi connectivity index (χ2n) is 9.09. The topological polar surface area (TPSA) is 108 Å². The van der Waals surface area contributed by atoms with Crippen LogP contribution in [-0.4, -0.2) is 104 Å². The Labute approximate surface area is 236 Å². The lowest BCUT2D eigenvalue weighted by Gasteiger charge is -2.09. The van der Waals surface area contributed by atoms with Crippen molar-refractivity contribution in [2.45, 2.75) is 84.5 Å². The highest BCUT2D eigenvalue weighted by atomic mass is 16.6. The predicted molar refractivity (Wildman–Crippen MR) is 149 cm³/mol. The molecule has 232 valence electrons. The summed E-state index contributed by atoms with van der Waals surface area (Å²) in [6, 6.07) is 0. The molecule has 0 aliphatic rings. The van der Waals surface area contributed by atoms with E-state index in [4.69, 9.17) is 37.9 Å². The van der Waals surface area contributed by atoms with Gasteiger partial charge in [0.05, 0.1) is 79.3 Å². The summed E-state index contributed by atoms with van der Waals surface area (Å²) < 4.78 is 42.8. The zero-order chi connectivity index (χ0) is 28.5. The van der Waals surface area contributed by atoms with Gasteiger partial charge in [-0.15, -0.1) is 0 Å². The minimum absolute atomic E-state index is 0.148. The number of carbonyl (C=O) groups is 2. The van der Waals surface area contributed by atoms with Crippen LogP contribution < -0.4 is 0 Å². The molecular formula is C29H56O10. The highest BCUT2D eigenvalue weighted by Crippen LogP contribution is 2.05. The maximum absolute atomic E-state index is 11.6. The van der Waals surface area contributed by atoms with Gasteiger partial charge in [-0.25, -0.2) is 0 Å². The third-order valence-corrected chi connectivity index (χ3v) is 5.56. The zero-order valence-corrected chi connectivity index (χ0v) is 24.8. The first-order chi connectivity index (χ1) is 19.2. The molecule has 0 bridgehead atoms. The van der Waals surface area contributed by atoms with E-state index in [0.717, 1.165) is 38.5 Å². The first kappa shape index (κ1) is 37.7. The number of hydrogen-bond acceptors (Lipinski definition) is 10. The molecule has 0 atom stereocenters. The molecule has 0 saturated carbocycles. The summed E-state index contributed by atoms with van der Waals surface area (Å²) in [6.45, 7) is 10.4. The lowest BCUT2D eigenvalue weighted by Crippen LogP contribution is -2.15. The van der Waals surface area contributed by atoms with Crippen LogP contribution in [0.5, 0.6) is 0 Å². The number of carbonyl (C=O) groups excluding carboxylic acids is 2. The Morgan fingerprint density at radius 1 is 0.359 bits per heavy atom. The Morgan fingerprint density at radius 2 is 0.615 bits per heavy atom. The molecule has 0 heterocycles. The molecular weight excluding hydrogens is 508 g/mol. The molecule has 10 heteroatoms. The van der Waals surface area contributed by atoms with Crippen molar-refractivity contribution in [2.24, 2.45) is 0 Å². The van der Waals surface area contributed by atoms with Crippen LogP contribution in [0.15, 0.2) is 0 Å². The second kappa shape index (κ2) is 32.9. The number of hydrogen-bond donors (Lipinski definition) is 0. The van der Waals surface area contributed by atoms with Gasteiger partial charge in [-0.1, -0.05) is 58.8 Å². The molecule has 0 aromatic rings. The van der Waals surface area contributed by atoms with Crippen molar-refractivity contribution in [3.05, 3.63) is 0 Å². The molecule has 0 aromatic heterocycles. The van der Waals surface area contributed by atoms with Crippen LogP contribution in [0, 0.1) is 0 Å². The number of ether oxygens (including phenoxy) is 8. The van der Waals surface area contributed by atoms with Crippen molar-refractivity contribution in [3.8, 4) is 0 Å². The highest BCUT2D eigenvalue weighted by Gasteiger charge is 2.03.